The van der Waals surface area contributed by atoms with Crippen LogP contribution in [-0.4, -0.2) is 9.97 Å². The Balaban J connectivity index is 2.35. The van der Waals surface area contributed by atoms with Crippen molar-refractivity contribution in [3.05, 3.63) is 60.4 Å². The maximum absolute atomic E-state index is 13.8. The lowest BCUT2D eigenvalue weighted by molar-refractivity contribution is 0.511. The van der Waals surface area contributed by atoms with E-state index in [0.29, 0.717) is 16.6 Å². The summed E-state index contributed by atoms with van der Waals surface area (Å²) in [6, 6.07) is 9.32. The average Bonchev–Trinajstić information content (AvgIpc) is 2.41. The zero-order chi connectivity index (χ0) is 12.5. The quantitative estimate of drug-likeness (QED) is 0.651. The minimum absolute atomic E-state index is 0.147. The van der Waals surface area contributed by atoms with Crippen LogP contribution in [-0.2, 0) is 0 Å². The number of rotatable bonds is 1. The number of aromatic nitrogens is 2. The molecular formula is C14H8F2N2. The summed E-state index contributed by atoms with van der Waals surface area (Å²) in [5, 5.41) is 0.699. The molecule has 3 aromatic rings. The van der Waals surface area contributed by atoms with E-state index in [9.17, 15) is 8.78 Å². The summed E-state index contributed by atoms with van der Waals surface area (Å²) in [5.41, 5.74) is 1.25. The topological polar surface area (TPSA) is 25.8 Å². The van der Waals surface area contributed by atoms with Crippen molar-refractivity contribution in [2.75, 3.05) is 0 Å². The van der Waals surface area contributed by atoms with Gasteiger partial charge in [-0.1, -0.05) is 6.07 Å². The van der Waals surface area contributed by atoms with E-state index < -0.39 is 11.6 Å². The number of pyridine rings is 2. The van der Waals surface area contributed by atoms with Gasteiger partial charge in [-0.15, -0.1) is 0 Å². The van der Waals surface area contributed by atoms with Crippen molar-refractivity contribution in [1.82, 2.24) is 9.97 Å². The van der Waals surface area contributed by atoms with Crippen molar-refractivity contribution in [1.29, 1.82) is 0 Å². The molecule has 0 spiro atoms. The highest BCUT2D eigenvalue weighted by molar-refractivity contribution is 5.92. The van der Waals surface area contributed by atoms with Crippen LogP contribution in [0, 0.1) is 11.6 Å². The van der Waals surface area contributed by atoms with Crippen molar-refractivity contribution in [3.8, 4) is 11.3 Å². The number of halogens is 2. The van der Waals surface area contributed by atoms with Gasteiger partial charge in [-0.05, 0) is 30.3 Å². The summed E-state index contributed by atoms with van der Waals surface area (Å²) in [5.74, 6) is -1.77. The molecule has 0 aliphatic rings. The van der Waals surface area contributed by atoms with Crippen LogP contribution >= 0.6 is 0 Å². The van der Waals surface area contributed by atoms with Gasteiger partial charge in [-0.3, -0.25) is 9.97 Å². The first-order valence-electron chi connectivity index (χ1n) is 5.41. The van der Waals surface area contributed by atoms with Crippen molar-refractivity contribution in [2.24, 2.45) is 0 Å². The molecule has 2 nitrogen and oxygen atoms in total. The number of hydrogen-bond acceptors (Lipinski definition) is 2. The van der Waals surface area contributed by atoms with E-state index in [0.717, 1.165) is 6.07 Å². The summed E-state index contributed by atoms with van der Waals surface area (Å²) in [6.07, 6.45) is 3.18. The Hall–Kier alpha value is -2.36. The first kappa shape index (κ1) is 10.8. The fourth-order valence-corrected chi connectivity index (χ4v) is 1.90. The van der Waals surface area contributed by atoms with Crippen molar-refractivity contribution >= 4 is 10.9 Å². The molecule has 0 atom stereocenters. The van der Waals surface area contributed by atoms with Crippen LogP contribution in [0.1, 0.15) is 0 Å². The third-order valence-electron chi connectivity index (χ3n) is 2.74. The Morgan fingerprint density at radius 1 is 0.833 bits per heavy atom. The van der Waals surface area contributed by atoms with Gasteiger partial charge in [0.05, 0.1) is 11.2 Å². The summed E-state index contributed by atoms with van der Waals surface area (Å²) < 4.78 is 27.0. The minimum Gasteiger partial charge on any atom is -0.256 e. The molecule has 0 bridgehead atoms. The van der Waals surface area contributed by atoms with E-state index >= 15 is 0 Å². The fraction of sp³-hybridized carbons (Fsp3) is 0. The molecule has 0 radical (unpaired) electrons. The largest absolute Gasteiger partial charge is 0.256 e. The molecule has 1 aromatic carbocycles. The Morgan fingerprint density at radius 2 is 1.72 bits per heavy atom. The van der Waals surface area contributed by atoms with E-state index in [-0.39, 0.29) is 5.56 Å². The van der Waals surface area contributed by atoms with Crippen molar-refractivity contribution < 1.29 is 8.78 Å². The van der Waals surface area contributed by atoms with Crippen LogP contribution in [0.4, 0.5) is 8.78 Å². The molecule has 0 aliphatic carbocycles. The Labute approximate surface area is 102 Å². The molecule has 0 amide bonds. The molecular weight excluding hydrogens is 234 g/mol. The van der Waals surface area contributed by atoms with Crippen LogP contribution in [0.5, 0.6) is 0 Å². The summed E-state index contributed by atoms with van der Waals surface area (Å²) in [4.78, 5) is 8.30. The van der Waals surface area contributed by atoms with Gasteiger partial charge in [0.2, 0.25) is 0 Å². The van der Waals surface area contributed by atoms with E-state index in [4.69, 9.17) is 0 Å². The highest BCUT2D eigenvalue weighted by Gasteiger charge is 2.13. The molecule has 0 aliphatic heterocycles. The Morgan fingerprint density at radius 3 is 2.61 bits per heavy atom. The predicted octanol–water partition coefficient (Wildman–Crippen LogP) is 3.58. The monoisotopic (exact) mass is 242 g/mol. The molecule has 18 heavy (non-hydrogen) atoms. The first-order valence-corrected chi connectivity index (χ1v) is 5.41. The number of hydrogen-bond donors (Lipinski definition) is 0. The third kappa shape index (κ3) is 1.62. The Kier molecular flexibility index (Phi) is 2.48. The van der Waals surface area contributed by atoms with Crippen LogP contribution in [0.2, 0.25) is 0 Å². The molecule has 2 aromatic heterocycles. The summed E-state index contributed by atoms with van der Waals surface area (Å²) >= 11 is 0. The lowest BCUT2D eigenvalue weighted by Gasteiger charge is -2.06. The van der Waals surface area contributed by atoms with Crippen LogP contribution in [0.3, 0.4) is 0 Å². The second-order valence-corrected chi connectivity index (χ2v) is 3.83. The van der Waals surface area contributed by atoms with Gasteiger partial charge in [0.25, 0.3) is 0 Å². The zero-order valence-electron chi connectivity index (χ0n) is 9.27. The standard InChI is InChI=1S/C14H8F2N2/c15-11-5-1-3-10(13(11)16)14-9-4-2-7-17-12(9)6-8-18-14/h1-8H. The van der Waals surface area contributed by atoms with Gasteiger partial charge in [0, 0.05) is 23.3 Å². The second kappa shape index (κ2) is 4.14. The fourth-order valence-electron chi connectivity index (χ4n) is 1.90. The third-order valence-corrected chi connectivity index (χ3v) is 2.74. The van der Waals surface area contributed by atoms with Crippen LogP contribution in [0.15, 0.2) is 48.8 Å². The summed E-state index contributed by atoms with van der Waals surface area (Å²) in [7, 11) is 0. The molecule has 88 valence electrons. The SMILES string of the molecule is Fc1cccc(-c2nccc3ncccc23)c1F. The molecule has 0 fully saturated rings. The number of benzene rings is 1. The van der Waals surface area contributed by atoms with E-state index in [2.05, 4.69) is 9.97 Å². The molecule has 2 heterocycles. The number of fused-ring (bicyclic) bond motifs is 1. The Bertz CT molecular complexity index is 721. The highest BCUT2D eigenvalue weighted by atomic mass is 19.2. The van der Waals surface area contributed by atoms with E-state index in [1.54, 1.807) is 24.4 Å². The van der Waals surface area contributed by atoms with Gasteiger partial charge in [-0.2, -0.15) is 0 Å². The molecule has 0 saturated heterocycles. The van der Waals surface area contributed by atoms with Crippen LogP contribution in [0.25, 0.3) is 22.2 Å². The smallest absolute Gasteiger partial charge is 0.168 e. The molecule has 0 unspecified atom stereocenters. The van der Waals surface area contributed by atoms with Gasteiger partial charge >= 0.3 is 0 Å². The highest BCUT2D eigenvalue weighted by Crippen LogP contribution is 2.28. The second-order valence-electron chi connectivity index (χ2n) is 3.83. The van der Waals surface area contributed by atoms with E-state index in [1.807, 2.05) is 0 Å². The maximum Gasteiger partial charge on any atom is 0.168 e. The molecule has 3 rings (SSSR count). The van der Waals surface area contributed by atoms with E-state index in [1.165, 1.54) is 18.3 Å². The predicted molar refractivity (Wildman–Crippen MR) is 64.9 cm³/mol. The van der Waals surface area contributed by atoms with Crippen molar-refractivity contribution in [3.63, 3.8) is 0 Å². The average molecular weight is 242 g/mol. The lowest BCUT2D eigenvalue weighted by Crippen LogP contribution is -1.93. The molecule has 0 saturated carbocycles. The van der Waals surface area contributed by atoms with Crippen LogP contribution < -0.4 is 0 Å². The van der Waals surface area contributed by atoms with Crippen molar-refractivity contribution in [2.45, 2.75) is 0 Å². The lowest BCUT2D eigenvalue weighted by atomic mass is 10.1. The molecule has 4 heteroatoms. The summed E-state index contributed by atoms with van der Waals surface area (Å²) in [6.45, 7) is 0. The van der Waals surface area contributed by atoms with Gasteiger partial charge in [0.1, 0.15) is 0 Å². The zero-order valence-corrected chi connectivity index (χ0v) is 9.27. The molecule has 0 N–H and O–H groups in total. The van der Waals surface area contributed by atoms with Gasteiger partial charge < -0.3 is 0 Å². The minimum atomic E-state index is -0.888. The number of nitrogens with zero attached hydrogens (tertiary/aromatic N) is 2. The maximum atomic E-state index is 13.8. The first-order chi connectivity index (χ1) is 8.77. The normalized spacial score (nSPS) is 10.8. The van der Waals surface area contributed by atoms with Gasteiger partial charge in [0.15, 0.2) is 11.6 Å². The van der Waals surface area contributed by atoms with Gasteiger partial charge in [-0.25, -0.2) is 8.78 Å².